The number of ether oxygens (including phenoxy) is 1. The van der Waals surface area contributed by atoms with Crippen molar-refractivity contribution in [1.29, 1.82) is 0 Å². The third kappa shape index (κ3) is 6.47. The van der Waals surface area contributed by atoms with E-state index in [0.29, 0.717) is 5.56 Å². The molecule has 3 aromatic carbocycles. The highest BCUT2D eigenvalue weighted by Gasteiger charge is 2.47. The number of hydrogen-bond acceptors (Lipinski definition) is 3. The molecule has 202 valence electrons. The average Bonchev–Trinajstić information content (AvgIpc) is 2.91. The lowest BCUT2D eigenvalue weighted by Crippen LogP contribution is -3.00. The van der Waals surface area contributed by atoms with Gasteiger partial charge in [-0.3, -0.25) is 4.90 Å². The second kappa shape index (κ2) is 12.5. The molecule has 38 heavy (non-hydrogen) atoms. The molecule has 6 rings (SSSR count). The van der Waals surface area contributed by atoms with Crippen LogP contribution >= 0.6 is 11.8 Å². The molecule has 9 heteroatoms. The van der Waals surface area contributed by atoms with Gasteiger partial charge in [0.2, 0.25) is 0 Å². The van der Waals surface area contributed by atoms with Crippen LogP contribution in [0.5, 0.6) is 0 Å². The Hall–Kier alpha value is -2.68. The molecule has 3 aromatic rings. The van der Waals surface area contributed by atoms with E-state index in [1.165, 1.54) is 34.1 Å². The lowest BCUT2D eigenvalue weighted by molar-refractivity contribution is -0.943. The highest BCUT2D eigenvalue weighted by molar-refractivity contribution is 7.99. The first-order chi connectivity index (χ1) is 17.9. The van der Waals surface area contributed by atoms with Crippen LogP contribution in [0.3, 0.4) is 0 Å². The Morgan fingerprint density at radius 2 is 1.63 bits per heavy atom. The Kier molecular flexibility index (Phi) is 9.28. The number of carbonyl (C=O) groups is 1. The topological polar surface area (TPSA) is 29.5 Å². The fourth-order valence-corrected chi connectivity index (χ4v) is 6.54. The van der Waals surface area contributed by atoms with Crippen LogP contribution in [-0.4, -0.2) is 48.6 Å². The maximum atomic E-state index is 14.7. The Morgan fingerprint density at radius 1 is 0.921 bits per heavy atom. The number of anilines is 1. The van der Waals surface area contributed by atoms with E-state index in [4.69, 9.17) is 4.74 Å². The first-order valence-corrected chi connectivity index (χ1v) is 13.6. The quantitative estimate of drug-likeness (QED) is 0.310. The summed E-state index contributed by atoms with van der Waals surface area (Å²) in [6, 6.07) is 19.6. The first-order valence-electron chi connectivity index (χ1n) is 12.6. The number of fused-ring (bicyclic) bond motifs is 3. The number of thioether (sulfide) groups is 1. The number of para-hydroxylation sites is 1. The number of quaternary nitrogens is 1. The number of piperidine rings is 3. The molecule has 3 aliphatic rings. The van der Waals surface area contributed by atoms with E-state index in [1.54, 1.807) is 6.07 Å². The van der Waals surface area contributed by atoms with Crippen LogP contribution in [-0.2, 0) is 11.3 Å². The van der Waals surface area contributed by atoms with E-state index in [2.05, 4.69) is 12.1 Å². The number of benzene rings is 3. The van der Waals surface area contributed by atoms with E-state index < -0.39 is 23.5 Å². The summed E-state index contributed by atoms with van der Waals surface area (Å²) in [5, 5.41) is 0. The number of halogens is 4. The van der Waals surface area contributed by atoms with Crippen molar-refractivity contribution in [2.24, 2.45) is 5.92 Å². The first kappa shape index (κ1) is 28.3. The summed E-state index contributed by atoms with van der Waals surface area (Å²) in [5.41, 5.74) is 0.385. The van der Waals surface area contributed by atoms with Crippen molar-refractivity contribution in [1.82, 2.24) is 0 Å². The number of hydrogen-bond donors (Lipinski definition) is 0. The highest BCUT2D eigenvalue weighted by Crippen LogP contribution is 2.37. The molecule has 3 saturated heterocycles. The number of rotatable bonds is 8. The molecule has 0 spiro atoms. The molecule has 1 amide bonds. The van der Waals surface area contributed by atoms with Crippen molar-refractivity contribution in [2.45, 2.75) is 30.4 Å². The van der Waals surface area contributed by atoms with Gasteiger partial charge in [-0.1, -0.05) is 36.4 Å². The van der Waals surface area contributed by atoms with Crippen LogP contribution in [0.15, 0.2) is 77.7 Å². The van der Waals surface area contributed by atoms with Crippen molar-refractivity contribution in [3.8, 4) is 0 Å². The van der Waals surface area contributed by atoms with Crippen molar-refractivity contribution >= 4 is 23.5 Å². The van der Waals surface area contributed by atoms with Crippen LogP contribution in [0.25, 0.3) is 0 Å². The molecular formula is C29H30ClF3N2O2S. The summed E-state index contributed by atoms with van der Waals surface area (Å²) in [5.74, 6) is -1.33. The third-order valence-corrected chi connectivity index (χ3v) is 8.55. The van der Waals surface area contributed by atoms with Crippen LogP contribution < -0.4 is 17.3 Å². The molecule has 0 N–H and O–H groups in total. The van der Waals surface area contributed by atoms with Gasteiger partial charge < -0.3 is 21.6 Å². The normalized spacial score (nSPS) is 22.0. The van der Waals surface area contributed by atoms with E-state index in [0.717, 1.165) is 61.4 Å². The van der Waals surface area contributed by atoms with Gasteiger partial charge in [-0.25, -0.2) is 18.0 Å². The summed E-state index contributed by atoms with van der Waals surface area (Å²) in [4.78, 5) is 15.9. The van der Waals surface area contributed by atoms with Gasteiger partial charge in [0.05, 0.1) is 31.9 Å². The monoisotopic (exact) mass is 562 g/mol. The van der Waals surface area contributed by atoms with Crippen molar-refractivity contribution < 1.29 is 39.6 Å². The smallest absolute Gasteiger partial charge is 0.415 e. The summed E-state index contributed by atoms with van der Waals surface area (Å²) < 4.78 is 49.0. The summed E-state index contributed by atoms with van der Waals surface area (Å²) >= 11 is 1.84. The predicted molar refractivity (Wildman–Crippen MR) is 139 cm³/mol. The second-order valence-electron chi connectivity index (χ2n) is 9.90. The van der Waals surface area contributed by atoms with Crippen molar-refractivity contribution in [3.63, 3.8) is 0 Å². The number of nitrogens with zero attached hydrogens (tertiary/aromatic N) is 2. The van der Waals surface area contributed by atoms with Gasteiger partial charge in [0, 0.05) is 29.4 Å². The average molecular weight is 563 g/mol. The van der Waals surface area contributed by atoms with Crippen molar-refractivity contribution in [3.05, 3.63) is 95.8 Å². The van der Waals surface area contributed by atoms with Gasteiger partial charge in [0.1, 0.15) is 12.4 Å². The molecule has 1 atom stereocenters. The zero-order valence-electron chi connectivity index (χ0n) is 20.9. The minimum absolute atomic E-state index is 0. The van der Waals surface area contributed by atoms with Gasteiger partial charge in [-0.2, -0.15) is 0 Å². The number of amides is 1. The van der Waals surface area contributed by atoms with E-state index in [-0.39, 0.29) is 36.7 Å². The van der Waals surface area contributed by atoms with Crippen LogP contribution in [0.4, 0.5) is 23.7 Å². The van der Waals surface area contributed by atoms with Crippen LogP contribution in [0.2, 0.25) is 0 Å². The summed E-state index contributed by atoms with van der Waals surface area (Å²) in [6.45, 7) is 3.73. The SMILES string of the molecule is O=C(O[C@H]1C[N+]2(CCSc3ccccc3)CCC1CC2)N(Cc1ccc(F)c(F)c1)c1ccccc1F.[Cl-]. The molecule has 0 aliphatic carbocycles. The lowest BCUT2D eigenvalue weighted by Gasteiger charge is -2.52. The molecule has 2 bridgehead atoms. The lowest BCUT2D eigenvalue weighted by atomic mass is 9.83. The molecular weight excluding hydrogens is 533 g/mol. The van der Waals surface area contributed by atoms with Crippen molar-refractivity contribution in [2.75, 3.05) is 36.8 Å². The summed E-state index contributed by atoms with van der Waals surface area (Å²) in [6.07, 6.45) is 1.02. The maximum absolute atomic E-state index is 14.7. The van der Waals surface area contributed by atoms with Crippen LogP contribution in [0, 0.1) is 23.4 Å². The van der Waals surface area contributed by atoms with Gasteiger partial charge in [0.25, 0.3) is 0 Å². The molecule has 0 unspecified atom stereocenters. The molecule has 3 heterocycles. The van der Waals surface area contributed by atoms with Crippen LogP contribution in [0.1, 0.15) is 18.4 Å². The molecule has 0 saturated carbocycles. The molecule has 4 nitrogen and oxygen atoms in total. The minimum atomic E-state index is -1.02. The molecule has 3 aliphatic heterocycles. The predicted octanol–water partition coefficient (Wildman–Crippen LogP) is 3.65. The van der Waals surface area contributed by atoms with Gasteiger partial charge in [0.15, 0.2) is 17.7 Å². The Morgan fingerprint density at radius 3 is 2.34 bits per heavy atom. The maximum Gasteiger partial charge on any atom is 0.415 e. The van der Waals surface area contributed by atoms with E-state index in [9.17, 15) is 18.0 Å². The largest absolute Gasteiger partial charge is 1.00 e. The van der Waals surface area contributed by atoms with E-state index >= 15 is 0 Å². The highest BCUT2D eigenvalue weighted by atomic mass is 35.5. The van der Waals surface area contributed by atoms with Gasteiger partial charge in [-0.15, -0.1) is 11.8 Å². The fourth-order valence-electron chi connectivity index (χ4n) is 5.48. The minimum Gasteiger partial charge on any atom is -1.00 e. The summed E-state index contributed by atoms with van der Waals surface area (Å²) in [7, 11) is 0. The zero-order valence-corrected chi connectivity index (χ0v) is 22.4. The Bertz CT molecular complexity index is 1240. The van der Waals surface area contributed by atoms with Gasteiger partial charge >= 0.3 is 6.09 Å². The second-order valence-corrected chi connectivity index (χ2v) is 11.1. The Balaban J connectivity index is 0.00000336. The molecule has 0 aromatic heterocycles. The van der Waals surface area contributed by atoms with E-state index in [1.807, 2.05) is 30.0 Å². The Labute approximate surface area is 231 Å². The molecule has 0 radical (unpaired) electrons. The van der Waals surface area contributed by atoms with Gasteiger partial charge in [-0.05, 0) is 42.0 Å². The zero-order chi connectivity index (χ0) is 25.8. The molecule has 3 fully saturated rings. The number of carbonyl (C=O) groups excluding carboxylic acids is 1. The fraction of sp³-hybridized carbons (Fsp3) is 0.345. The third-order valence-electron chi connectivity index (χ3n) is 7.56. The standard InChI is InChI=1S/C29H30F3N2O2S.ClH/c30-24-11-10-21(18-26(24)32)19-33(27-9-5-4-8-25(27)31)29(35)36-28-20-34(14-12-22(28)13-15-34)16-17-37-23-6-2-1-3-7-23;/h1-11,18,22,28H,12-17,19-20H2;1H/q+1;/p-1/t22?,28-,34?;/m0./s1.